The third kappa shape index (κ3) is 4.28. The molecule has 0 spiro atoms. The van der Waals surface area contributed by atoms with Gasteiger partial charge in [-0.2, -0.15) is 4.31 Å². The Morgan fingerprint density at radius 3 is 2.57 bits per heavy atom. The zero-order valence-corrected chi connectivity index (χ0v) is 15.0. The molecule has 0 radical (unpaired) electrons. The van der Waals surface area contributed by atoms with Crippen molar-refractivity contribution in [2.45, 2.75) is 50.6 Å². The molecule has 0 heterocycles. The fourth-order valence-corrected chi connectivity index (χ4v) is 4.88. The van der Waals surface area contributed by atoms with E-state index in [4.69, 9.17) is 0 Å². The van der Waals surface area contributed by atoms with Crippen LogP contribution in [0.5, 0.6) is 0 Å². The first-order chi connectivity index (χ1) is 9.98. The van der Waals surface area contributed by atoms with Crippen LogP contribution in [0.25, 0.3) is 0 Å². The van der Waals surface area contributed by atoms with Gasteiger partial charge < -0.3 is 5.32 Å². The summed E-state index contributed by atoms with van der Waals surface area (Å²) in [4.78, 5) is 0.355. The van der Waals surface area contributed by atoms with Crippen LogP contribution in [-0.2, 0) is 16.6 Å². The maximum absolute atomic E-state index is 12.6. The Hall–Kier alpha value is -0.430. The van der Waals surface area contributed by atoms with Gasteiger partial charge in [0.05, 0.1) is 4.90 Å². The standard InChI is InChI=1S/C15H23BrN2O2S/c1-3-9-18(4-2)21(19,20)15-8-5-12(10-14(15)16)11-17-13-6-7-13/h5,8,10,13,17H,3-4,6-7,9,11H2,1-2H3. The van der Waals surface area contributed by atoms with Crippen molar-refractivity contribution in [3.63, 3.8) is 0 Å². The van der Waals surface area contributed by atoms with E-state index in [-0.39, 0.29) is 0 Å². The second-order valence-electron chi connectivity index (χ2n) is 5.42. The average molecular weight is 375 g/mol. The van der Waals surface area contributed by atoms with Gasteiger partial charge in [-0.3, -0.25) is 0 Å². The van der Waals surface area contributed by atoms with Gasteiger partial charge in [0.1, 0.15) is 0 Å². The van der Waals surface area contributed by atoms with Crippen molar-refractivity contribution in [1.82, 2.24) is 9.62 Å². The number of hydrogen-bond acceptors (Lipinski definition) is 3. The average Bonchev–Trinajstić information content (AvgIpc) is 3.26. The lowest BCUT2D eigenvalue weighted by Crippen LogP contribution is -2.31. The van der Waals surface area contributed by atoms with Crippen LogP contribution in [0.1, 0.15) is 38.7 Å². The van der Waals surface area contributed by atoms with Gasteiger partial charge in [-0.15, -0.1) is 0 Å². The van der Waals surface area contributed by atoms with Crippen LogP contribution in [0.3, 0.4) is 0 Å². The first kappa shape index (κ1) is 16.9. The Bertz CT molecular complexity index is 585. The van der Waals surface area contributed by atoms with E-state index >= 15 is 0 Å². The monoisotopic (exact) mass is 374 g/mol. The molecule has 1 N–H and O–H groups in total. The number of nitrogens with one attached hydrogen (secondary N) is 1. The highest BCUT2D eigenvalue weighted by atomic mass is 79.9. The van der Waals surface area contributed by atoms with Gasteiger partial charge in [0, 0.05) is 30.1 Å². The smallest absolute Gasteiger partial charge is 0.244 e. The Morgan fingerprint density at radius 2 is 2.05 bits per heavy atom. The minimum Gasteiger partial charge on any atom is -0.310 e. The van der Waals surface area contributed by atoms with Crippen LogP contribution in [0.2, 0.25) is 0 Å². The van der Waals surface area contributed by atoms with E-state index < -0.39 is 10.0 Å². The maximum atomic E-state index is 12.6. The lowest BCUT2D eigenvalue weighted by Gasteiger charge is -2.20. The largest absolute Gasteiger partial charge is 0.310 e. The third-order valence-electron chi connectivity index (χ3n) is 3.61. The van der Waals surface area contributed by atoms with Crippen molar-refractivity contribution < 1.29 is 8.42 Å². The predicted octanol–water partition coefficient (Wildman–Crippen LogP) is 3.12. The van der Waals surface area contributed by atoms with Crippen molar-refractivity contribution in [3.8, 4) is 0 Å². The van der Waals surface area contributed by atoms with Crippen LogP contribution in [0.4, 0.5) is 0 Å². The zero-order chi connectivity index (χ0) is 15.5. The number of rotatable bonds is 8. The number of hydrogen-bond donors (Lipinski definition) is 1. The SMILES string of the molecule is CCCN(CC)S(=O)(=O)c1ccc(CNC2CC2)cc1Br. The van der Waals surface area contributed by atoms with Crippen LogP contribution in [-0.4, -0.2) is 31.9 Å². The molecule has 118 valence electrons. The van der Waals surface area contributed by atoms with E-state index in [9.17, 15) is 8.42 Å². The van der Waals surface area contributed by atoms with Gasteiger partial charge in [0.2, 0.25) is 10.0 Å². The first-order valence-electron chi connectivity index (χ1n) is 7.51. The topological polar surface area (TPSA) is 49.4 Å². The molecule has 0 aromatic heterocycles. The Kier molecular flexibility index (Phi) is 5.82. The van der Waals surface area contributed by atoms with Crippen LogP contribution < -0.4 is 5.32 Å². The molecule has 21 heavy (non-hydrogen) atoms. The van der Waals surface area contributed by atoms with Gasteiger partial charge >= 0.3 is 0 Å². The summed E-state index contributed by atoms with van der Waals surface area (Å²) in [6.07, 6.45) is 3.31. The molecule has 1 aromatic carbocycles. The highest BCUT2D eigenvalue weighted by Crippen LogP contribution is 2.27. The number of sulfonamides is 1. The number of halogens is 1. The molecule has 0 amide bonds. The molecule has 1 aliphatic rings. The minimum atomic E-state index is -3.41. The molecular weight excluding hydrogens is 352 g/mol. The normalized spacial score (nSPS) is 15.6. The lowest BCUT2D eigenvalue weighted by atomic mass is 10.2. The van der Waals surface area contributed by atoms with Gasteiger partial charge in [0.25, 0.3) is 0 Å². The van der Waals surface area contributed by atoms with Crippen LogP contribution in [0.15, 0.2) is 27.6 Å². The molecule has 0 saturated heterocycles. The van der Waals surface area contributed by atoms with Crippen molar-refractivity contribution >= 4 is 26.0 Å². The highest BCUT2D eigenvalue weighted by molar-refractivity contribution is 9.10. The van der Waals surface area contributed by atoms with E-state index in [0.717, 1.165) is 18.5 Å². The summed E-state index contributed by atoms with van der Waals surface area (Å²) in [7, 11) is -3.41. The summed E-state index contributed by atoms with van der Waals surface area (Å²) in [6, 6.07) is 6.16. The highest BCUT2D eigenvalue weighted by Gasteiger charge is 2.25. The Labute approximate surface area is 136 Å². The molecule has 0 aliphatic heterocycles. The van der Waals surface area contributed by atoms with Gasteiger partial charge in [-0.05, 0) is 52.9 Å². The van der Waals surface area contributed by atoms with E-state index in [1.165, 1.54) is 17.1 Å². The molecule has 1 fully saturated rings. The Morgan fingerprint density at radius 1 is 1.33 bits per heavy atom. The van der Waals surface area contributed by atoms with Gasteiger partial charge in [-0.25, -0.2) is 8.42 Å². The van der Waals surface area contributed by atoms with Gasteiger partial charge in [0.15, 0.2) is 0 Å². The summed E-state index contributed by atoms with van der Waals surface area (Å²) >= 11 is 3.42. The van der Waals surface area contributed by atoms with Gasteiger partial charge in [-0.1, -0.05) is 19.9 Å². The van der Waals surface area contributed by atoms with Crippen molar-refractivity contribution in [1.29, 1.82) is 0 Å². The van der Waals surface area contributed by atoms with Crippen LogP contribution >= 0.6 is 15.9 Å². The summed E-state index contributed by atoms with van der Waals surface area (Å²) in [5.74, 6) is 0. The van der Waals surface area contributed by atoms with Crippen molar-refractivity contribution in [3.05, 3.63) is 28.2 Å². The van der Waals surface area contributed by atoms with E-state index in [2.05, 4.69) is 21.2 Å². The molecule has 1 aromatic rings. The Balaban J connectivity index is 2.18. The molecule has 0 unspecified atom stereocenters. The summed E-state index contributed by atoms with van der Waals surface area (Å²) in [5.41, 5.74) is 1.10. The fourth-order valence-electron chi connectivity index (χ4n) is 2.25. The molecule has 6 heteroatoms. The molecule has 1 aliphatic carbocycles. The summed E-state index contributed by atoms with van der Waals surface area (Å²) in [6.45, 7) is 5.69. The first-order valence-corrected chi connectivity index (χ1v) is 9.74. The molecule has 0 bridgehead atoms. The fraction of sp³-hybridized carbons (Fsp3) is 0.600. The number of nitrogens with zero attached hydrogens (tertiary/aromatic N) is 1. The van der Waals surface area contributed by atoms with E-state index in [1.807, 2.05) is 26.0 Å². The minimum absolute atomic E-state index is 0.355. The van der Waals surface area contributed by atoms with Crippen molar-refractivity contribution in [2.75, 3.05) is 13.1 Å². The van der Waals surface area contributed by atoms with Crippen molar-refractivity contribution in [2.24, 2.45) is 0 Å². The van der Waals surface area contributed by atoms with E-state index in [1.54, 1.807) is 6.07 Å². The second-order valence-corrected chi connectivity index (χ2v) is 8.18. The summed E-state index contributed by atoms with van der Waals surface area (Å²) < 4.78 is 27.5. The number of benzene rings is 1. The quantitative estimate of drug-likeness (QED) is 0.760. The molecule has 2 rings (SSSR count). The third-order valence-corrected chi connectivity index (χ3v) is 6.56. The zero-order valence-electron chi connectivity index (χ0n) is 12.6. The summed E-state index contributed by atoms with van der Waals surface area (Å²) in [5, 5.41) is 3.43. The lowest BCUT2D eigenvalue weighted by molar-refractivity contribution is 0.427. The molecular formula is C15H23BrN2O2S. The molecule has 1 saturated carbocycles. The van der Waals surface area contributed by atoms with E-state index in [0.29, 0.717) is 28.5 Å². The maximum Gasteiger partial charge on any atom is 0.244 e. The second kappa shape index (κ2) is 7.22. The van der Waals surface area contributed by atoms with Crippen LogP contribution in [0, 0.1) is 0 Å². The predicted molar refractivity (Wildman–Crippen MR) is 88.7 cm³/mol. The molecule has 4 nitrogen and oxygen atoms in total. The molecule has 0 atom stereocenters.